The Bertz CT molecular complexity index is 565. The minimum Gasteiger partial charge on any atom is -0.481 e. The summed E-state index contributed by atoms with van der Waals surface area (Å²) in [6.07, 6.45) is -0.0942. The number of carbonyl (C=O) groups is 2. The molecule has 3 nitrogen and oxygen atoms in total. The summed E-state index contributed by atoms with van der Waals surface area (Å²) in [6, 6.07) is 1.54. The first-order chi connectivity index (χ1) is 9.06. The molecular weight excluding hydrogens is 323 g/mol. The molecule has 0 fully saturated rings. The third-order valence-corrected chi connectivity index (χ3v) is 4.33. The van der Waals surface area contributed by atoms with E-state index in [0.717, 1.165) is 0 Å². The molecule has 1 aromatic carbocycles. The number of carboxylic acids is 1. The highest BCUT2D eigenvalue weighted by Gasteiger charge is 2.30. The van der Waals surface area contributed by atoms with Gasteiger partial charge in [-0.05, 0) is 38.0 Å². The van der Waals surface area contributed by atoms with E-state index in [1.54, 1.807) is 6.92 Å². The fourth-order valence-electron chi connectivity index (χ4n) is 1.73. The maximum absolute atomic E-state index is 12.0. The van der Waals surface area contributed by atoms with Gasteiger partial charge in [0, 0.05) is 22.9 Å². The van der Waals surface area contributed by atoms with Gasteiger partial charge in [-0.3, -0.25) is 9.59 Å². The molecule has 0 aliphatic heterocycles. The zero-order valence-corrected chi connectivity index (χ0v) is 13.7. The number of Topliss-reactive ketones (excluding diaryl/α,β-unsaturated/α-hetero) is 1. The normalized spacial score (nSPS) is 11.5. The summed E-state index contributed by atoms with van der Waals surface area (Å²) in [7, 11) is 0. The molecule has 1 rings (SSSR count). The summed E-state index contributed by atoms with van der Waals surface area (Å²) in [5.41, 5.74) is 0.0248. The van der Waals surface area contributed by atoms with Crippen molar-refractivity contribution in [1.29, 1.82) is 0 Å². The van der Waals surface area contributed by atoms with Crippen LogP contribution in [0.3, 0.4) is 0 Å². The topological polar surface area (TPSA) is 54.4 Å². The molecule has 0 saturated heterocycles. The average Bonchev–Trinajstić information content (AvgIpc) is 2.31. The first kappa shape index (κ1) is 17.3. The van der Waals surface area contributed by atoms with E-state index in [4.69, 9.17) is 39.9 Å². The Morgan fingerprint density at radius 2 is 1.75 bits per heavy atom. The van der Waals surface area contributed by atoms with Crippen LogP contribution in [0.5, 0.6) is 0 Å². The van der Waals surface area contributed by atoms with Gasteiger partial charge >= 0.3 is 5.97 Å². The lowest BCUT2D eigenvalue weighted by Gasteiger charge is -2.18. The van der Waals surface area contributed by atoms with Gasteiger partial charge in [-0.1, -0.05) is 34.8 Å². The molecule has 0 radical (unpaired) electrons. The van der Waals surface area contributed by atoms with E-state index in [9.17, 15) is 9.59 Å². The van der Waals surface area contributed by atoms with E-state index in [1.807, 2.05) is 0 Å². The second-order valence-corrected chi connectivity index (χ2v) is 6.53. The quantitative estimate of drug-likeness (QED) is 0.856. The van der Waals surface area contributed by atoms with Gasteiger partial charge in [-0.2, -0.15) is 0 Å². The van der Waals surface area contributed by atoms with Crippen LogP contribution in [0, 0.1) is 12.3 Å². The number of carbonyl (C=O) groups excluding carboxylic acids is 1. The van der Waals surface area contributed by atoms with Crippen LogP contribution in [0.25, 0.3) is 0 Å². The number of hydrogen-bond donors (Lipinski definition) is 1. The summed E-state index contributed by atoms with van der Waals surface area (Å²) < 4.78 is 0. The Kier molecular flexibility index (Phi) is 5.47. The summed E-state index contributed by atoms with van der Waals surface area (Å²) in [6.45, 7) is 4.74. The van der Waals surface area contributed by atoms with Crippen molar-refractivity contribution in [3.05, 3.63) is 32.3 Å². The molecule has 1 N–H and O–H groups in total. The molecule has 110 valence electrons. The zero-order valence-electron chi connectivity index (χ0n) is 11.4. The zero-order chi connectivity index (χ0) is 15.7. The van der Waals surface area contributed by atoms with Crippen molar-refractivity contribution < 1.29 is 14.7 Å². The van der Waals surface area contributed by atoms with Crippen LogP contribution >= 0.6 is 34.8 Å². The van der Waals surface area contributed by atoms with Crippen molar-refractivity contribution >= 4 is 46.6 Å². The lowest BCUT2D eigenvalue weighted by molar-refractivity contribution is -0.149. The fraction of sp³-hybridized carbons (Fsp3) is 0.429. The van der Waals surface area contributed by atoms with Crippen molar-refractivity contribution in [1.82, 2.24) is 0 Å². The predicted molar refractivity (Wildman–Crippen MR) is 81.0 cm³/mol. The Morgan fingerprint density at radius 3 is 2.25 bits per heavy atom. The first-order valence-electron chi connectivity index (χ1n) is 5.94. The molecule has 0 unspecified atom stereocenters. The number of halogens is 3. The summed E-state index contributed by atoms with van der Waals surface area (Å²) in [5, 5.41) is 10.1. The van der Waals surface area contributed by atoms with Gasteiger partial charge < -0.3 is 5.11 Å². The van der Waals surface area contributed by atoms with E-state index >= 15 is 0 Å². The highest BCUT2D eigenvalue weighted by Crippen LogP contribution is 2.34. The standard InChI is InChI=1S/C14H15Cl3O3/c1-7-10(15)5-11(16)9(12(7)17)4-8(18)6-14(2,3)13(19)20/h5H,4,6H2,1-3H3,(H,19,20). The van der Waals surface area contributed by atoms with Crippen molar-refractivity contribution in [2.24, 2.45) is 5.41 Å². The Balaban J connectivity index is 2.98. The number of aliphatic carboxylic acids is 1. The molecular formula is C14H15Cl3O3. The van der Waals surface area contributed by atoms with E-state index < -0.39 is 11.4 Å². The molecule has 20 heavy (non-hydrogen) atoms. The number of hydrogen-bond acceptors (Lipinski definition) is 2. The van der Waals surface area contributed by atoms with E-state index in [2.05, 4.69) is 0 Å². The van der Waals surface area contributed by atoms with Gasteiger partial charge in [-0.25, -0.2) is 0 Å². The molecule has 0 aliphatic rings. The molecule has 0 heterocycles. The summed E-state index contributed by atoms with van der Waals surface area (Å²) >= 11 is 18.1. The molecule has 0 amide bonds. The molecule has 6 heteroatoms. The lowest BCUT2D eigenvalue weighted by atomic mass is 9.86. The average molecular weight is 338 g/mol. The highest BCUT2D eigenvalue weighted by atomic mass is 35.5. The summed E-state index contributed by atoms with van der Waals surface area (Å²) in [5.74, 6) is -1.25. The third kappa shape index (κ3) is 3.87. The van der Waals surface area contributed by atoms with Gasteiger partial charge in [-0.15, -0.1) is 0 Å². The summed E-state index contributed by atoms with van der Waals surface area (Å²) in [4.78, 5) is 23.0. The van der Waals surface area contributed by atoms with E-state index in [-0.39, 0.29) is 18.6 Å². The van der Waals surface area contributed by atoms with Gasteiger partial charge in [0.2, 0.25) is 0 Å². The molecule has 0 aliphatic carbocycles. The van der Waals surface area contributed by atoms with Gasteiger partial charge in [0.05, 0.1) is 10.4 Å². The number of carboxylic acid groups (broad SMARTS) is 1. The Hall–Kier alpha value is -0.770. The highest BCUT2D eigenvalue weighted by molar-refractivity contribution is 6.40. The number of ketones is 1. The number of rotatable bonds is 5. The molecule has 1 aromatic rings. The minimum atomic E-state index is -1.11. The maximum atomic E-state index is 12.0. The van der Waals surface area contributed by atoms with Gasteiger partial charge in [0.25, 0.3) is 0 Å². The fourth-order valence-corrected chi connectivity index (χ4v) is 2.63. The maximum Gasteiger partial charge on any atom is 0.309 e. The van der Waals surface area contributed by atoms with Crippen LogP contribution in [0.4, 0.5) is 0 Å². The monoisotopic (exact) mass is 336 g/mol. The van der Waals surface area contributed by atoms with Crippen LogP contribution < -0.4 is 0 Å². The molecule has 0 aromatic heterocycles. The number of benzene rings is 1. The predicted octanol–water partition coefficient (Wildman–Crippen LogP) is 4.57. The van der Waals surface area contributed by atoms with Crippen LogP contribution in [0.1, 0.15) is 31.4 Å². The van der Waals surface area contributed by atoms with Crippen LogP contribution in [0.15, 0.2) is 6.07 Å². The second-order valence-electron chi connectivity index (χ2n) is 5.34. The third-order valence-electron chi connectivity index (χ3n) is 3.09. The van der Waals surface area contributed by atoms with Crippen molar-refractivity contribution in [2.45, 2.75) is 33.6 Å². The largest absolute Gasteiger partial charge is 0.481 e. The molecule has 0 spiro atoms. The van der Waals surface area contributed by atoms with Crippen LogP contribution in [-0.4, -0.2) is 16.9 Å². The molecule has 0 saturated carbocycles. The molecule has 0 bridgehead atoms. The van der Waals surface area contributed by atoms with Gasteiger partial charge in [0.1, 0.15) is 5.78 Å². The SMILES string of the molecule is Cc1c(Cl)cc(Cl)c(CC(=O)CC(C)(C)C(=O)O)c1Cl. The van der Waals surface area contributed by atoms with E-state index in [1.165, 1.54) is 19.9 Å². The first-order valence-corrected chi connectivity index (χ1v) is 7.07. The molecule has 0 atom stereocenters. The Labute approximate surface area is 132 Å². The van der Waals surface area contributed by atoms with Crippen molar-refractivity contribution in [3.63, 3.8) is 0 Å². The van der Waals surface area contributed by atoms with Crippen molar-refractivity contribution in [3.8, 4) is 0 Å². The second kappa shape index (κ2) is 6.33. The van der Waals surface area contributed by atoms with Crippen LogP contribution in [0.2, 0.25) is 15.1 Å². The Morgan fingerprint density at radius 1 is 1.20 bits per heavy atom. The van der Waals surface area contributed by atoms with Crippen LogP contribution in [-0.2, 0) is 16.0 Å². The lowest BCUT2D eigenvalue weighted by Crippen LogP contribution is -2.27. The van der Waals surface area contributed by atoms with Gasteiger partial charge in [0.15, 0.2) is 0 Å². The van der Waals surface area contributed by atoms with E-state index in [0.29, 0.717) is 26.2 Å². The smallest absolute Gasteiger partial charge is 0.309 e. The van der Waals surface area contributed by atoms with Crippen molar-refractivity contribution in [2.75, 3.05) is 0 Å². The minimum absolute atomic E-state index is 0.00755.